The van der Waals surface area contributed by atoms with E-state index in [9.17, 15) is 0 Å². The van der Waals surface area contributed by atoms with Crippen LogP contribution in [-0.2, 0) is 0 Å². The summed E-state index contributed by atoms with van der Waals surface area (Å²) in [7, 11) is 0. The van der Waals surface area contributed by atoms with E-state index in [-0.39, 0.29) is 0 Å². The molecule has 1 N–H and O–H groups in total. The van der Waals surface area contributed by atoms with Crippen LogP contribution in [0.5, 0.6) is 0 Å². The van der Waals surface area contributed by atoms with E-state index >= 15 is 0 Å². The Kier molecular flexibility index (Phi) is 3.37. The smallest absolute Gasteiger partial charge is 0.0514 e. The van der Waals surface area contributed by atoms with Crippen molar-refractivity contribution < 1.29 is 0 Å². The zero-order valence-corrected chi connectivity index (χ0v) is 12.6. The number of hydrogen-bond acceptors (Lipinski definition) is 2. The van der Waals surface area contributed by atoms with Crippen molar-refractivity contribution >= 4 is 21.6 Å². The average molecular weight is 309 g/mol. The highest BCUT2D eigenvalue weighted by molar-refractivity contribution is 9.10. The first-order valence-corrected chi connectivity index (χ1v) is 7.75. The van der Waals surface area contributed by atoms with Gasteiger partial charge in [0.05, 0.1) is 5.69 Å². The summed E-state index contributed by atoms with van der Waals surface area (Å²) in [4.78, 5) is 2.55. The molecule has 0 radical (unpaired) electrons. The minimum atomic E-state index is 0.390. The second-order valence-corrected chi connectivity index (χ2v) is 6.54. The quantitative estimate of drug-likeness (QED) is 0.854. The molecule has 1 heterocycles. The van der Waals surface area contributed by atoms with Crippen LogP contribution in [0.15, 0.2) is 22.7 Å². The van der Waals surface area contributed by atoms with Gasteiger partial charge >= 0.3 is 0 Å². The molecule has 1 aromatic rings. The largest absolute Gasteiger partial charge is 0.367 e. The summed E-state index contributed by atoms with van der Waals surface area (Å²) >= 11 is 3.75. The Morgan fingerprint density at radius 3 is 2.83 bits per heavy atom. The molecule has 2 fully saturated rings. The van der Waals surface area contributed by atoms with E-state index < -0.39 is 0 Å². The molecule has 98 valence electrons. The van der Waals surface area contributed by atoms with Gasteiger partial charge in [0.25, 0.3) is 0 Å². The summed E-state index contributed by atoms with van der Waals surface area (Å²) in [5.41, 5.74) is 3.08. The molecule has 1 aromatic carbocycles. The highest BCUT2D eigenvalue weighted by atomic mass is 79.9. The number of anilines is 1. The number of benzene rings is 1. The molecule has 0 bridgehead atoms. The molecule has 1 saturated heterocycles. The van der Waals surface area contributed by atoms with Gasteiger partial charge in [-0.15, -0.1) is 0 Å². The zero-order valence-electron chi connectivity index (χ0n) is 11.0. The first-order chi connectivity index (χ1) is 8.70. The fourth-order valence-electron chi connectivity index (χ4n) is 3.42. The molecular weight excluding hydrogens is 288 g/mol. The second kappa shape index (κ2) is 4.86. The van der Waals surface area contributed by atoms with Crippen LogP contribution in [0.3, 0.4) is 0 Å². The van der Waals surface area contributed by atoms with Crippen molar-refractivity contribution in [3.05, 3.63) is 28.2 Å². The van der Waals surface area contributed by atoms with Crippen LogP contribution in [0.4, 0.5) is 5.69 Å². The minimum Gasteiger partial charge on any atom is -0.367 e. The highest BCUT2D eigenvalue weighted by Gasteiger charge is 2.37. The summed E-state index contributed by atoms with van der Waals surface area (Å²) in [5, 5.41) is 3.77. The molecule has 2 nitrogen and oxygen atoms in total. The molecule has 0 amide bonds. The first-order valence-electron chi connectivity index (χ1n) is 6.95. The van der Waals surface area contributed by atoms with Crippen molar-refractivity contribution in [3.8, 4) is 0 Å². The number of aryl methyl sites for hydroxylation is 1. The predicted molar refractivity (Wildman–Crippen MR) is 80.3 cm³/mol. The van der Waals surface area contributed by atoms with Crippen molar-refractivity contribution in [1.29, 1.82) is 0 Å². The third-order valence-corrected chi connectivity index (χ3v) is 5.48. The molecule has 0 unspecified atom stereocenters. The van der Waals surface area contributed by atoms with Gasteiger partial charge in [0, 0.05) is 29.6 Å². The number of rotatable bonds is 1. The number of hydrogen-bond donors (Lipinski definition) is 1. The molecule has 3 rings (SSSR count). The Labute approximate surface area is 118 Å². The van der Waals surface area contributed by atoms with Crippen LogP contribution >= 0.6 is 15.9 Å². The van der Waals surface area contributed by atoms with E-state index in [1.54, 1.807) is 0 Å². The molecule has 3 heteroatoms. The molecule has 1 spiro atoms. The van der Waals surface area contributed by atoms with Crippen molar-refractivity contribution in [1.82, 2.24) is 5.32 Å². The van der Waals surface area contributed by atoms with Crippen molar-refractivity contribution in [2.24, 2.45) is 0 Å². The molecule has 2 aliphatic rings. The molecule has 1 aliphatic carbocycles. The van der Waals surface area contributed by atoms with Gasteiger partial charge < -0.3 is 10.2 Å². The van der Waals surface area contributed by atoms with Crippen LogP contribution < -0.4 is 10.2 Å². The van der Waals surface area contributed by atoms with E-state index in [0.717, 1.165) is 19.6 Å². The van der Waals surface area contributed by atoms with Crippen molar-refractivity contribution in [2.45, 2.75) is 38.1 Å². The first kappa shape index (κ1) is 12.5. The third-order valence-electron chi connectivity index (χ3n) is 4.45. The highest BCUT2D eigenvalue weighted by Crippen LogP contribution is 2.36. The minimum absolute atomic E-state index is 0.390. The Morgan fingerprint density at radius 2 is 2.06 bits per heavy atom. The molecule has 1 saturated carbocycles. The van der Waals surface area contributed by atoms with Gasteiger partial charge in [0.2, 0.25) is 0 Å². The zero-order chi connectivity index (χ0) is 12.6. The van der Waals surface area contributed by atoms with Crippen LogP contribution in [0, 0.1) is 6.92 Å². The van der Waals surface area contributed by atoms with Crippen LogP contribution in [-0.4, -0.2) is 25.2 Å². The summed E-state index contributed by atoms with van der Waals surface area (Å²) < 4.78 is 1.26. The second-order valence-electron chi connectivity index (χ2n) is 5.74. The maximum atomic E-state index is 3.77. The van der Waals surface area contributed by atoms with Gasteiger partial charge in [-0.05, 0) is 47.3 Å². The lowest BCUT2D eigenvalue weighted by atomic mass is 9.94. The lowest BCUT2D eigenvalue weighted by Gasteiger charge is -2.43. The van der Waals surface area contributed by atoms with Crippen molar-refractivity contribution in [2.75, 3.05) is 24.5 Å². The standard InChI is InChI=1S/C15H21BrN2/c1-12-5-4-6-13(14(12)16)18-10-9-17-15(11-18)7-2-3-8-15/h4-6,17H,2-3,7-11H2,1H3. The molecule has 18 heavy (non-hydrogen) atoms. The monoisotopic (exact) mass is 308 g/mol. The number of nitrogens with one attached hydrogen (secondary N) is 1. The van der Waals surface area contributed by atoms with Gasteiger partial charge in [0.15, 0.2) is 0 Å². The fraction of sp³-hybridized carbons (Fsp3) is 0.600. The van der Waals surface area contributed by atoms with Crippen molar-refractivity contribution in [3.63, 3.8) is 0 Å². The summed E-state index contributed by atoms with van der Waals surface area (Å²) in [6, 6.07) is 6.57. The lowest BCUT2D eigenvalue weighted by molar-refractivity contribution is 0.304. The number of piperazine rings is 1. The van der Waals surface area contributed by atoms with Crippen LogP contribution in [0.25, 0.3) is 0 Å². The average Bonchev–Trinajstić information content (AvgIpc) is 2.81. The normalized spacial score (nSPS) is 22.7. The third kappa shape index (κ3) is 2.19. The predicted octanol–water partition coefficient (Wildman–Crippen LogP) is 3.48. The summed E-state index contributed by atoms with van der Waals surface area (Å²) in [6.07, 6.45) is 5.45. The lowest BCUT2D eigenvalue weighted by Crippen LogP contribution is -2.59. The maximum absolute atomic E-state index is 3.77. The van der Waals surface area contributed by atoms with E-state index in [1.165, 1.54) is 41.4 Å². The van der Waals surface area contributed by atoms with Crippen LogP contribution in [0.2, 0.25) is 0 Å². The maximum Gasteiger partial charge on any atom is 0.0514 e. The van der Waals surface area contributed by atoms with E-state index in [2.05, 4.69) is 51.3 Å². The summed E-state index contributed by atoms with van der Waals surface area (Å²) in [6.45, 7) is 5.56. The number of halogens is 1. The van der Waals surface area contributed by atoms with Gasteiger partial charge in [-0.25, -0.2) is 0 Å². The Hall–Kier alpha value is -0.540. The SMILES string of the molecule is Cc1cccc(N2CCNC3(CCCC3)C2)c1Br. The van der Waals surface area contributed by atoms with Gasteiger partial charge in [-0.2, -0.15) is 0 Å². The topological polar surface area (TPSA) is 15.3 Å². The molecule has 1 aliphatic heterocycles. The van der Waals surface area contributed by atoms with Gasteiger partial charge in [0.1, 0.15) is 0 Å². The molecule has 0 aromatic heterocycles. The Bertz CT molecular complexity index is 438. The molecule has 0 atom stereocenters. The van der Waals surface area contributed by atoms with E-state index in [0.29, 0.717) is 5.54 Å². The number of nitrogens with zero attached hydrogens (tertiary/aromatic N) is 1. The van der Waals surface area contributed by atoms with Crippen LogP contribution in [0.1, 0.15) is 31.2 Å². The Balaban J connectivity index is 1.85. The van der Waals surface area contributed by atoms with E-state index in [4.69, 9.17) is 0 Å². The molecular formula is C15H21BrN2. The van der Waals surface area contributed by atoms with E-state index in [1.807, 2.05) is 0 Å². The fourth-order valence-corrected chi connectivity index (χ4v) is 3.94. The van der Waals surface area contributed by atoms with Gasteiger partial charge in [-0.3, -0.25) is 0 Å². The van der Waals surface area contributed by atoms with Gasteiger partial charge in [-0.1, -0.05) is 25.0 Å². The Morgan fingerprint density at radius 1 is 1.28 bits per heavy atom. The summed E-state index contributed by atoms with van der Waals surface area (Å²) in [5.74, 6) is 0.